The summed E-state index contributed by atoms with van der Waals surface area (Å²) in [6.45, 7) is 8.04. The first-order chi connectivity index (χ1) is 11.6. The van der Waals surface area contributed by atoms with Crippen LogP contribution in [0.15, 0.2) is 24.3 Å². The van der Waals surface area contributed by atoms with Crippen molar-refractivity contribution in [3.8, 4) is 0 Å². The average molecular weight is 366 g/mol. The summed E-state index contributed by atoms with van der Waals surface area (Å²) in [7, 11) is 2.04. The molecule has 0 aliphatic carbocycles. The van der Waals surface area contributed by atoms with Crippen LogP contribution in [0.3, 0.4) is 0 Å². The molecule has 130 valence electrons. The monoisotopic (exact) mass is 365 g/mol. The van der Waals surface area contributed by atoms with Gasteiger partial charge in [-0.2, -0.15) is 0 Å². The Hall–Kier alpha value is -1.28. The number of thiazole rings is 1. The van der Waals surface area contributed by atoms with Crippen molar-refractivity contribution in [2.24, 2.45) is 0 Å². The minimum Gasteiger partial charge on any atom is -0.370 e. The van der Waals surface area contributed by atoms with Gasteiger partial charge in [0.2, 0.25) is 0 Å². The highest BCUT2D eigenvalue weighted by Crippen LogP contribution is 2.28. The molecule has 5 nitrogen and oxygen atoms in total. The lowest BCUT2D eigenvalue weighted by molar-refractivity contribution is -0.906. The zero-order valence-electron chi connectivity index (χ0n) is 14.2. The lowest BCUT2D eigenvalue weighted by Crippen LogP contribution is -3.14. The number of para-hydroxylation sites is 1. The normalized spacial score (nSPS) is 16.9. The van der Waals surface area contributed by atoms with Crippen molar-refractivity contribution < 1.29 is 9.64 Å². The summed E-state index contributed by atoms with van der Waals surface area (Å²) in [6, 6.07) is 8.42. The summed E-state index contributed by atoms with van der Waals surface area (Å²) < 4.78 is 6.61. The Labute approximate surface area is 152 Å². The molecule has 1 aromatic heterocycles. The Morgan fingerprint density at radius 1 is 1.42 bits per heavy atom. The van der Waals surface area contributed by atoms with Crippen LogP contribution in [0.25, 0.3) is 10.2 Å². The van der Waals surface area contributed by atoms with E-state index >= 15 is 0 Å². The molecule has 2 aromatic rings. The fourth-order valence-corrected chi connectivity index (χ4v) is 4.11. The number of rotatable bonds is 5. The molecule has 1 saturated heterocycles. The van der Waals surface area contributed by atoms with Gasteiger partial charge in [0.05, 0.1) is 42.6 Å². The minimum atomic E-state index is 0.165. The van der Waals surface area contributed by atoms with Gasteiger partial charge < -0.3 is 19.9 Å². The molecule has 0 bridgehead atoms. The van der Waals surface area contributed by atoms with Gasteiger partial charge in [-0.1, -0.05) is 12.1 Å². The second-order valence-electron chi connectivity index (χ2n) is 6.15. The van der Waals surface area contributed by atoms with Gasteiger partial charge in [0.15, 0.2) is 5.11 Å². The number of aromatic nitrogens is 1. The molecular weight excluding hydrogens is 340 g/mol. The number of hydrogen-bond acceptors (Lipinski definition) is 4. The van der Waals surface area contributed by atoms with Gasteiger partial charge in [-0.3, -0.25) is 0 Å². The lowest BCUT2D eigenvalue weighted by atomic mass is 10.3. The zero-order valence-corrected chi connectivity index (χ0v) is 15.9. The maximum atomic E-state index is 5.56. The van der Waals surface area contributed by atoms with Crippen molar-refractivity contribution in [3.63, 3.8) is 0 Å². The van der Waals surface area contributed by atoms with Crippen molar-refractivity contribution in [2.45, 2.75) is 13.0 Å². The first-order valence-corrected chi connectivity index (χ1v) is 9.65. The number of nitrogens with zero attached hydrogens (tertiary/aromatic N) is 2. The molecule has 7 heteroatoms. The van der Waals surface area contributed by atoms with Crippen molar-refractivity contribution in [1.29, 1.82) is 0 Å². The van der Waals surface area contributed by atoms with E-state index in [-0.39, 0.29) is 6.04 Å². The highest BCUT2D eigenvalue weighted by molar-refractivity contribution is 7.80. The van der Waals surface area contributed by atoms with Crippen molar-refractivity contribution in [3.05, 3.63) is 29.3 Å². The highest BCUT2D eigenvalue weighted by atomic mass is 32.1. The predicted octanol–water partition coefficient (Wildman–Crippen LogP) is 1.08. The number of hydrogen-bond donors (Lipinski definition) is 2. The molecule has 0 amide bonds. The Morgan fingerprint density at radius 3 is 2.92 bits per heavy atom. The molecule has 2 heterocycles. The Bertz CT molecular complexity index is 651. The van der Waals surface area contributed by atoms with E-state index in [0.717, 1.165) is 55.0 Å². The highest BCUT2D eigenvalue weighted by Gasteiger charge is 2.19. The van der Waals surface area contributed by atoms with Gasteiger partial charge in [0.1, 0.15) is 18.1 Å². The van der Waals surface area contributed by atoms with Crippen molar-refractivity contribution in [1.82, 2.24) is 15.2 Å². The van der Waals surface area contributed by atoms with Crippen LogP contribution in [0.2, 0.25) is 0 Å². The van der Waals surface area contributed by atoms with Gasteiger partial charge in [-0.15, -0.1) is 11.3 Å². The van der Waals surface area contributed by atoms with Crippen LogP contribution in [-0.2, 0) is 4.74 Å². The van der Waals surface area contributed by atoms with Crippen LogP contribution in [0.5, 0.6) is 0 Å². The van der Waals surface area contributed by atoms with E-state index in [1.54, 1.807) is 16.2 Å². The lowest BCUT2D eigenvalue weighted by Gasteiger charge is -2.28. The first-order valence-electron chi connectivity index (χ1n) is 8.42. The molecule has 24 heavy (non-hydrogen) atoms. The summed E-state index contributed by atoms with van der Waals surface area (Å²) in [5.41, 5.74) is 1.06. The van der Waals surface area contributed by atoms with E-state index in [1.807, 2.05) is 13.1 Å². The number of ether oxygens (including phenoxy) is 1. The van der Waals surface area contributed by atoms with Crippen LogP contribution in [-0.4, -0.2) is 61.4 Å². The van der Waals surface area contributed by atoms with E-state index in [4.69, 9.17) is 21.9 Å². The van der Waals surface area contributed by atoms with Crippen molar-refractivity contribution in [2.75, 3.05) is 46.4 Å². The third-order valence-electron chi connectivity index (χ3n) is 4.52. The molecular formula is C17H25N4OS2+. The van der Waals surface area contributed by atoms with Crippen LogP contribution < -0.4 is 10.2 Å². The van der Waals surface area contributed by atoms with Crippen LogP contribution in [0.1, 0.15) is 18.0 Å². The predicted molar refractivity (Wildman–Crippen MR) is 103 cm³/mol. The molecule has 1 aliphatic rings. The summed E-state index contributed by atoms with van der Waals surface area (Å²) in [4.78, 5) is 8.42. The van der Waals surface area contributed by atoms with Crippen LogP contribution in [0, 0.1) is 0 Å². The molecule has 1 aliphatic heterocycles. The van der Waals surface area contributed by atoms with Gasteiger partial charge in [0.25, 0.3) is 0 Å². The van der Waals surface area contributed by atoms with Crippen LogP contribution in [0.4, 0.5) is 0 Å². The zero-order chi connectivity index (χ0) is 16.9. The summed E-state index contributed by atoms with van der Waals surface area (Å²) in [6.07, 6.45) is 0. The van der Waals surface area contributed by atoms with Gasteiger partial charge in [-0.05, 0) is 31.3 Å². The Morgan fingerprint density at radius 2 is 2.17 bits per heavy atom. The molecule has 3 rings (SSSR count). The first kappa shape index (κ1) is 17.5. The standard InChI is InChI=1S/C17H24N4OS2/c1-13(16-19-14-5-3-4-6-15(14)24-16)20(2)17(23)18-7-8-21-9-11-22-12-10-21/h3-6,13H,7-12H2,1-2H3,(H,18,23)/p+1/t13-/m1/s1. The molecule has 1 aromatic carbocycles. The number of morpholine rings is 1. The molecule has 0 spiro atoms. The molecule has 0 unspecified atom stereocenters. The largest absolute Gasteiger partial charge is 0.370 e. The van der Waals surface area contributed by atoms with E-state index in [0.29, 0.717) is 0 Å². The maximum Gasteiger partial charge on any atom is 0.169 e. The second kappa shape index (κ2) is 8.20. The van der Waals surface area contributed by atoms with E-state index in [1.165, 1.54) is 4.70 Å². The molecule has 1 fully saturated rings. The summed E-state index contributed by atoms with van der Waals surface area (Å²) >= 11 is 7.30. The number of fused-ring (bicyclic) bond motifs is 1. The fraction of sp³-hybridized carbons (Fsp3) is 0.529. The van der Waals surface area contributed by atoms with Gasteiger partial charge in [-0.25, -0.2) is 4.98 Å². The third-order valence-corrected chi connectivity index (χ3v) is 6.16. The van der Waals surface area contributed by atoms with E-state index in [9.17, 15) is 0 Å². The summed E-state index contributed by atoms with van der Waals surface area (Å²) in [5.74, 6) is 0. The molecule has 2 N–H and O–H groups in total. The van der Waals surface area contributed by atoms with Crippen molar-refractivity contribution >= 4 is 38.9 Å². The smallest absolute Gasteiger partial charge is 0.169 e. The fourth-order valence-electron chi connectivity index (χ4n) is 2.79. The number of quaternary nitrogens is 1. The quantitative estimate of drug-likeness (QED) is 0.776. The third kappa shape index (κ3) is 4.22. The Kier molecular flexibility index (Phi) is 5.99. The second-order valence-corrected chi connectivity index (χ2v) is 7.60. The topological polar surface area (TPSA) is 41.8 Å². The SMILES string of the molecule is C[C@H](c1nc2ccccc2s1)N(C)C(=S)NCC[NH+]1CCOCC1. The van der Waals surface area contributed by atoms with Gasteiger partial charge in [0, 0.05) is 7.05 Å². The summed E-state index contributed by atoms with van der Waals surface area (Å²) in [5, 5.41) is 5.27. The van der Waals surface area contributed by atoms with Gasteiger partial charge >= 0.3 is 0 Å². The molecule has 1 atom stereocenters. The average Bonchev–Trinajstić information content (AvgIpc) is 3.05. The molecule has 0 radical (unpaired) electrons. The molecule has 0 saturated carbocycles. The maximum absolute atomic E-state index is 5.56. The minimum absolute atomic E-state index is 0.165. The van der Waals surface area contributed by atoms with E-state index < -0.39 is 0 Å². The van der Waals surface area contributed by atoms with E-state index in [2.05, 4.69) is 35.3 Å². The van der Waals surface area contributed by atoms with Crippen LogP contribution >= 0.6 is 23.6 Å². The Balaban J connectivity index is 1.52. The number of thiocarbonyl (C=S) groups is 1. The number of benzene rings is 1. The number of nitrogens with one attached hydrogen (secondary N) is 2.